The summed E-state index contributed by atoms with van der Waals surface area (Å²) in [5.74, 6) is 1.15. The Bertz CT molecular complexity index is 1220. The molecule has 2 N–H and O–H groups in total. The average molecular weight is 432 g/mol. The number of carbonyl (C=O) groups excluding carboxylic acids is 1. The molecule has 1 saturated carbocycles. The van der Waals surface area contributed by atoms with E-state index < -0.39 is 0 Å². The lowest BCUT2D eigenvalue weighted by molar-refractivity contribution is -0.119. The molecule has 0 spiro atoms. The number of para-hydroxylation sites is 1. The molecule has 0 radical (unpaired) electrons. The van der Waals surface area contributed by atoms with E-state index in [-0.39, 0.29) is 5.91 Å². The maximum atomic E-state index is 12.5. The molecule has 4 aromatic rings. The maximum absolute atomic E-state index is 12.5. The highest BCUT2D eigenvalue weighted by molar-refractivity contribution is 7.99. The standard InChI is InChI=1S/C24H25N5OS/c1-16-7-6-10-18(13-16)29-23(20-14-25-21-12-5-4-11-19(20)21)27-28-24(29)31-15-22(30)26-17-8-2-3-9-17/h4-7,10-14,17,25H,2-3,8-9,15H2,1H3,(H,26,30). The van der Waals surface area contributed by atoms with E-state index in [1.807, 2.05) is 24.4 Å². The Kier molecular flexibility index (Phi) is 5.51. The van der Waals surface area contributed by atoms with E-state index in [4.69, 9.17) is 0 Å². The highest BCUT2D eigenvalue weighted by atomic mass is 32.2. The number of aromatic nitrogens is 4. The van der Waals surface area contributed by atoms with Crippen LogP contribution in [0.1, 0.15) is 31.2 Å². The number of nitrogens with one attached hydrogen (secondary N) is 2. The minimum absolute atomic E-state index is 0.0596. The fraction of sp³-hybridized carbons (Fsp3) is 0.292. The summed E-state index contributed by atoms with van der Waals surface area (Å²) < 4.78 is 2.05. The van der Waals surface area contributed by atoms with Crippen molar-refractivity contribution in [1.82, 2.24) is 25.1 Å². The topological polar surface area (TPSA) is 75.6 Å². The van der Waals surface area contributed by atoms with Gasteiger partial charge in [0.25, 0.3) is 0 Å². The Morgan fingerprint density at radius 1 is 1.16 bits per heavy atom. The van der Waals surface area contributed by atoms with E-state index >= 15 is 0 Å². The molecule has 5 rings (SSSR count). The number of rotatable bonds is 6. The lowest BCUT2D eigenvalue weighted by Crippen LogP contribution is -2.33. The fourth-order valence-corrected chi connectivity index (χ4v) is 5.03. The van der Waals surface area contributed by atoms with Gasteiger partial charge in [0.2, 0.25) is 5.91 Å². The Morgan fingerprint density at radius 2 is 2.00 bits per heavy atom. The molecule has 2 aromatic heterocycles. The SMILES string of the molecule is Cc1cccc(-n2c(SCC(=O)NC3CCCC3)nnc2-c2c[nH]c3ccccc23)c1. The van der Waals surface area contributed by atoms with Crippen molar-refractivity contribution in [1.29, 1.82) is 0 Å². The number of fused-ring (bicyclic) bond motifs is 1. The molecule has 31 heavy (non-hydrogen) atoms. The molecule has 1 amide bonds. The molecule has 0 bridgehead atoms. The van der Waals surface area contributed by atoms with Crippen molar-refractivity contribution in [3.63, 3.8) is 0 Å². The largest absolute Gasteiger partial charge is 0.360 e. The minimum atomic E-state index is 0.0596. The highest BCUT2D eigenvalue weighted by Gasteiger charge is 2.21. The predicted molar refractivity (Wildman–Crippen MR) is 125 cm³/mol. The van der Waals surface area contributed by atoms with E-state index in [9.17, 15) is 4.79 Å². The third-order valence-corrected chi connectivity index (χ3v) is 6.70. The Hall–Kier alpha value is -3.06. The van der Waals surface area contributed by atoms with Crippen LogP contribution in [-0.2, 0) is 4.79 Å². The first kappa shape index (κ1) is 19.9. The molecule has 0 aliphatic heterocycles. The van der Waals surface area contributed by atoms with Crippen molar-refractivity contribution in [3.05, 3.63) is 60.3 Å². The Balaban J connectivity index is 1.49. The zero-order valence-electron chi connectivity index (χ0n) is 17.5. The molecule has 2 aromatic carbocycles. The van der Waals surface area contributed by atoms with Crippen molar-refractivity contribution < 1.29 is 4.79 Å². The van der Waals surface area contributed by atoms with Gasteiger partial charge in [-0.15, -0.1) is 10.2 Å². The molecule has 1 fully saturated rings. The molecule has 1 aliphatic rings. The van der Waals surface area contributed by atoms with Crippen LogP contribution in [0.2, 0.25) is 0 Å². The fourth-order valence-electron chi connectivity index (χ4n) is 4.26. The number of amides is 1. The Morgan fingerprint density at radius 3 is 2.84 bits per heavy atom. The van der Waals surface area contributed by atoms with Crippen molar-refractivity contribution >= 4 is 28.6 Å². The van der Waals surface area contributed by atoms with E-state index in [0.717, 1.165) is 46.4 Å². The normalized spacial score (nSPS) is 14.4. The number of H-pyrrole nitrogens is 1. The zero-order valence-corrected chi connectivity index (χ0v) is 18.3. The number of nitrogens with zero attached hydrogens (tertiary/aromatic N) is 3. The zero-order chi connectivity index (χ0) is 21.2. The van der Waals surface area contributed by atoms with Crippen LogP contribution in [0, 0.1) is 6.92 Å². The summed E-state index contributed by atoms with van der Waals surface area (Å²) in [6.07, 6.45) is 6.55. The molecule has 1 aliphatic carbocycles. The molecule has 7 heteroatoms. The minimum Gasteiger partial charge on any atom is -0.360 e. The van der Waals surface area contributed by atoms with Crippen LogP contribution in [0.3, 0.4) is 0 Å². The van der Waals surface area contributed by atoms with Gasteiger partial charge < -0.3 is 10.3 Å². The number of hydrogen-bond acceptors (Lipinski definition) is 4. The van der Waals surface area contributed by atoms with Crippen LogP contribution in [0.25, 0.3) is 28.0 Å². The summed E-state index contributed by atoms with van der Waals surface area (Å²) in [6, 6.07) is 16.8. The quantitative estimate of drug-likeness (QED) is 0.427. The van der Waals surface area contributed by atoms with E-state index in [1.165, 1.54) is 24.6 Å². The number of benzene rings is 2. The summed E-state index contributed by atoms with van der Waals surface area (Å²) in [5, 5.41) is 14.0. The second-order valence-corrected chi connectivity index (χ2v) is 9.01. The van der Waals surface area contributed by atoms with Gasteiger partial charge in [-0.25, -0.2) is 0 Å². The Labute approximate surface area is 185 Å². The summed E-state index contributed by atoms with van der Waals surface area (Å²) in [4.78, 5) is 15.8. The van der Waals surface area contributed by atoms with Gasteiger partial charge in [0.05, 0.1) is 5.75 Å². The molecular formula is C24H25N5OS. The first-order valence-corrected chi connectivity index (χ1v) is 11.7. The smallest absolute Gasteiger partial charge is 0.230 e. The van der Waals surface area contributed by atoms with Crippen LogP contribution in [0.5, 0.6) is 0 Å². The maximum Gasteiger partial charge on any atom is 0.230 e. The monoisotopic (exact) mass is 431 g/mol. The number of thioether (sulfide) groups is 1. The van der Waals surface area contributed by atoms with Crippen LogP contribution >= 0.6 is 11.8 Å². The van der Waals surface area contributed by atoms with Crippen molar-refractivity contribution in [3.8, 4) is 17.1 Å². The number of hydrogen-bond donors (Lipinski definition) is 2. The van der Waals surface area contributed by atoms with Gasteiger partial charge in [-0.3, -0.25) is 9.36 Å². The third kappa shape index (κ3) is 4.10. The molecule has 0 saturated heterocycles. The number of aromatic amines is 1. The van der Waals surface area contributed by atoms with Crippen LogP contribution in [-0.4, -0.2) is 37.5 Å². The van der Waals surface area contributed by atoms with Gasteiger partial charge in [-0.05, 0) is 43.5 Å². The average Bonchev–Trinajstić information content (AvgIpc) is 3.51. The summed E-state index contributed by atoms with van der Waals surface area (Å²) in [6.45, 7) is 2.07. The van der Waals surface area contributed by atoms with Gasteiger partial charge in [0, 0.05) is 34.4 Å². The number of carbonyl (C=O) groups is 1. The van der Waals surface area contributed by atoms with Gasteiger partial charge in [0.1, 0.15) is 0 Å². The van der Waals surface area contributed by atoms with Crippen LogP contribution in [0.4, 0.5) is 0 Å². The summed E-state index contributed by atoms with van der Waals surface area (Å²) in [7, 11) is 0. The second kappa shape index (κ2) is 8.59. The van der Waals surface area contributed by atoms with E-state index in [2.05, 4.69) is 62.3 Å². The van der Waals surface area contributed by atoms with E-state index in [1.54, 1.807) is 0 Å². The lowest BCUT2D eigenvalue weighted by atomic mass is 10.1. The van der Waals surface area contributed by atoms with Crippen molar-refractivity contribution in [2.45, 2.75) is 43.8 Å². The lowest BCUT2D eigenvalue weighted by Gasteiger charge is -2.13. The number of aryl methyl sites for hydroxylation is 1. The molecule has 6 nitrogen and oxygen atoms in total. The first-order valence-electron chi connectivity index (χ1n) is 10.7. The molecule has 0 unspecified atom stereocenters. The van der Waals surface area contributed by atoms with Gasteiger partial charge in [0.15, 0.2) is 11.0 Å². The molecule has 2 heterocycles. The van der Waals surface area contributed by atoms with Crippen LogP contribution < -0.4 is 5.32 Å². The summed E-state index contributed by atoms with van der Waals surface area (Å²) >= 11 is 1.43. The van der Waals surface area contributed by atoms with Gasteiger partial charge in [-0.2, -0.15) is 0 Å². The van der Waals surface area contributed by atoms with Crippen LogP contribution in [0.15, 0.2) is 59.9 Å². The van der Waals surface area contributed by atoms with E-state index in [0.29, 0.717) is 17.0 Å². The second-order valence-electron chi connectivity index (χ2n) is 8.07. The highest BCUT2D eigenvalue weighted by Crippen LogP contribution is 2.32. The van der Waals surface area contributed by atoms with Gasteiger partial charge >= 0.3 is 0 Å². The third-order valence-electron chi connectivity index (χ3n) is 5.78. The van der Waals surface area contributed by atoms with Crippen molar-refractivity contribution in [2.75, 3.05) is 5.75 Å². The first-order chi connectivity index (χ1) is 15.2. The van der Waals surface area contributed by atoms with Crippen molar-refractivity contribution in [2.24, 2.45) is 0 Å². The summed E-state index contributed by atoms with van der Waals surface area (Å²) in [5.41, 5.74) is 4.20. The molecular weight excluding hydrogens is 406 g/mol. The molecule has 158 valence electrons. The van der Waals surface area contributed by atoms with Gasteiger partial charge in [-0.1, -0.05) is 54.9 Å². The predicted octanol–water partition coefficient (Wildman–Crippen LogP) is 4.87. The molecule has 0 atom stereocenters.